The molecular weight excluding hydrogens is 262 g/mol. The van der Waals surface area contributed by atoms with Crippen LogP contribution >= 0.6 is 0 Å². The maximum Gasteiger partial charge on any atom is 0.239 e. The average molecular weight is 283 g/mol. The van der Waals surface area contributed by atoms with E-state index >= 15 is 0 Å². The van der Waals surface area contributed by atoms with E-state index in [2.05, 4.69) is 5.32 Å². The minimum Gasteiger partial charge on any atom is -0.378 e. The molecule has 4 nitrogen and oxygen atoms in total. The van der Waals surface area contributed by atoms with Crippen molar-refractivity contribution in [1.29, 1.82) is 0 Å². The van der Waals surface area contributed by atoms with E-state index in [-0.39, 0.29) is 5.91 Å². The molecule has 0 spiro atoms. The molecule has 21 heavy (non-hydrogen) atoms. The van der Waals surface area contributed by atoms with Gasteiger partial charge in [0.25, 0.3) is 0 Å². The van der Waals surface area contributed by atoms with Crippen molar-refractivity contribution in [1.82, 2.24) is 5.32 Å². The highest BCUT2D eigenvalue weighted by atomic mass is 16.1. The normalized spacial score (nSPS) is 11.9. The Bertz CT molecular complexity index is 579. The highest BCUT2D eigenvalue weighted by molar-refractivity contribution is 5.81. The molecule has 0 aromatic heterocycles. The molecule has 0 saturated heterocycles. The number of nitrogens with one attached hydrogen (secondary N) is 1. The zero-order valence-corrected chi connectivity index (χ0v) is 12.4. The number of carbonyl (C=O) groups excluding carboxylic acids is 1. The molecule has 0 aliphatic rings. The minimum absolute atomic E-state index is 0.372. The van der Waals surface area contributed by atoms with Gasteiger partial charge in [-0.15, -0.1) is 0 Å². The molecular formula is C17H21N3O. The maximum absolute atomic E-state index is 11.7. The molecule has 0 saturated carbocycles. The first-order valence-corrected chi connectivity index (χ1v) is 6.92. The molecule has 2 rings (SSSR count). The fraction of sp³-hybridized carbons (Fsp3) is 0.235. The lowest BCUT2D eigenvalue weighted by Gasteiger charge is -2.18. The SMILES string of the molecule is CN(C)c1ccc(C(NCc2ccccc2)C(N)=O)cc1. The lowest BCUT2D eigenvalue weighted by molar-refractivity contribution is -0.120. The van der Waals surface area contributed by atoms with Gasteiger partial charge in [0.15, 0.2) is 0 Å². The van der Waals surface area contributed by atoms with Gasteiger partial charge in [-0.3, -0.25) is 10.1 Å². The van der Waals surface area contributed by atoms with E-state index in [1.54, 1.807) is 0 Å². The van der Waals surface area contributed by atoms with Crippen LogP contribution < -0.4 is 16.0 Å². The van der Waals surface area contributed by atoms with Crippen molar-refractivity contribution in [3.8, 4) is 0 Å². The van der Waals surface area contributed by atoms with Crippen LogP contribution in [-0.2, 0) is 11.3 Å². The fourth-order valence-electron chi connectivity index (χ4n) is 2.16. The summed E-state index contributed by atoms with van der Waals surface area (Å²) in [5, 5.41) is 3.21. The molecule has 1 atom stereocenters. The van der Waals surface area contributed by atoms with Crippen molar-refractivity contribution in [2.75, 3.05) is 19.0 Å². The van der Waals surface area contributed by atoms with Gasteiger partial charge in [0.05, 0.1) is 0 Å². The molecule has 0 radical (unpaired) electrons. The number of nitrogens with two attached hydrogens (primary N) is 1. The van der Waals surface area contributed by atoms with Crippen LogP contribution in [0.4, 0.5) is 5.69 Å². The molecule has 0 bridgehead atoms. The lowest BCUT2D eigenvalue weighted by Crippen LogP contribution is -2.33. The Kier molecular flexibility index (Phi) is 4.95. The Morgan fingerprint density at radius 2 is 1.71 bits per heavy atom. The third-order valence-electron chi connectivity index (χ3n) is 3.38. The second-order valence-corrected chi connectivity index (χ2v) is 5.19. The summed E-state index contributed by atoms with van der Waals surface area (Å²) in [6.45, 7) is 0.601. The summed E-state index contributed by atoms with van der Waals surface area (Å²) in [7, 11) is 3.96. The van der Waals surface area contributed by atoms with Gasteiger partial charge in [-0.1, -0.05) is 42.5 Å². The number of rotatable bonds is 6. The molecule has 0 aliphatic heterocycles. The number of primary amides is 1. The van der Waals surface area contributed by atoms with E-state index in [0.717, 1.165) is 16.8 Å². The number of hydrogen-bond acceptors (Lipinski definition) is 3. The maximum atomic E-state index is 11.7. The Balaban J connectivity index is 2.10. The summed E-state index contributed by atoms with van der Waals surface area (Å²) in [6.07, 6.45) is 0. The Labute approximate surface area is 125 Å². The van der Waals surface area contributed by atoms with E-state index in [1.807, 2.05) is 73.6 Å². The topological polar surface area (TPSA) is 58.4 Å². The standard InChI is InChI=1S/C17H21N3O/c1-20(2)15-10-8-14(9-11-15)16(17(18)21)19-12-13-6-4-3-5-7-13/h3-11,16,19H,12H2,1-2H3,(H2,18,21). The fourth-order valence-corrected chi connectivity index (χ4v) is 2.16. The van der Waals surface area contributed by atoms with E-state index < -0.39 is 6.04 Å². The first kappa shape index (κ1) is 15.1. The third kappa shape index (κ3) is 4.07. The van der Waals surface area contributed by atoms with Crippen LogP contribution in [0.1, 0.15) is 17.2 Å². The Morgan fingerprint density at radius 3 is 2.24 bits per heavy atom. The summed E-state index contributed by atoms with van der Waals surface area (Å²) in [4.78, 5) is 13.7. The largest absolute Gasteiger partial charge is 0.378 e. The highest BCUT2D eigenvalue weighted by Gasteiger charge is 2.17. The van der Waals surface area contributed by atoms with Gasteiger partial charge in [0.2, 0.25) is 5.91 Å². The Hall–Kier alpha value is -2.33. The van der Waals surface area contributed by atoms with E-state index in [1.165, 1.54) is 0 Å². The molecule has 4 heteroatoms. The van der Waals surface area contributed by atoms with E-state index in [4.69, 9.17) is 5.73 Å². The molecule has 0 fully saturated rings. The smallest absolute Gasteiger partial charge is 0.239 e. The number of carbonyl (C=O) groups is 1. The van der Waals surface area contributed by atoms with Gasteiger partial charge in [0.1, 0.15) is 6.04 Å². The summed E-state index contributed by atoms with van der Waals surface area (Å²) < 4.78 is 0. The Morgan fingerprint density at radius 1 is 1.10 bits per heavy atom. The average Bonchev–Trinajstić information content (AvgIpc) is 2.48. The van der Waals surface area contributed by atoms with Gasteiger partial charge in [-0.05, 0) is 23.3 Å². The number of anilines is 1. The van der Waals surface area contributed by atoms with Gasteiger partial charge < -0.3 is 10.6 Å². The first-order chi connectivity index (χ1) is 10.1. The number of nitrogens with zero attached hydrogens (tertiary/aromatic N) is 1. The first-order valence-electron chi connectivity index (χ1n) is 6.92. The van der Waals surface area contributed by atoms with Crippen LogP contribution in [0.5, 0.6) is 0 Å². The van der Waals surface area contributed by atoms with Crippen molar-refractivity contribution >= 4 is 11.6 Å². The quantitative estimate of drug-likeness (QED) is 0.853. The molecule has 3 N–H and O–H groups in total. The zero-order chi connectivity index (χ0) is 15.2. The summed E-state index contributed by atoms with van der Waals surface area (Å²) >= 11 is 0. The molecule has 1 unspecified atom stereocenters. The van der Waals surface area contributed by atoms with Crippen LogP contribution in [0.15, 0.2) is 54.6 Å². The van der Waals surface area contributed by atoms with Crippen LogP contribution in [0.2, 0.25) is 0 Å². The molecule has 2 aromatic rings. The van der Waals surface area contributed by atoms with Crippen LogP contribution in [0.25, 0.3) is 0 Å². The second kappa shape index (κ2) is 6.90. The van der Waals surface area contributed by atoms with Crippen molar-refractivity contribution in [2.24, 2.45) is 5.73 Å². The number of benzene rings is 2. The van der Waals surface area contributed by atoms with Gasteiger partial charge in [-0.25, -0.2) is 0 Å². The van der Waals surface area contributed by atoms with Crippen molar-refractivity contribution in [3.63, 3.8) is 0 Å². The van der Waals surface area contributed by atoms with Crippen LogP contribution in [-0.4, -0.2) is 20.0 Å². The van der Waals surface area contributed by atoms with Crippen LogP contribution in [0.3, 0.4) is 0 Å². The second-order valence-electron chi connectivity index (χ2n) is 5.19. The molecule has 2 aromatic carbocycles. The summed E-state index contributed by atoms with van der Waals surface area (Å²) in [5.74, 6) is -0.372. The predicted octanol–water partition coefficient (Wildman–Crippen LogP) is 2.07. The van der Waals surface area contributed by atoms with E-state index in [0.29, 0.717) is 6.54 Å². The lowest BCUT2D eigenvalue weighted by atomic mass is 10.1. The highest BCUT2D eigenvalue weighted by Crippen LogP contribution is 2.18. The number of amides is 1. The third-order valence-corrected chi connectivity index (χ3v) is 3.38. The summed E-state index contributed by atoms with van der Waals surface area (Å²) in [5.41, 5.74) is 8.60. The minimum atomic E-state index is -0.485. The summed E-state index contributed by atoms with van der Waals surface area (Å²) in [6, 6.07) is 17.3. The van der Waals surface area contributed by atoms with Gasteiger partial charge in [0, 0.05) is 26.3 Å². The monoisotopic (exact) mass is 283 g/mol. The van der Waals surface area contributed by atoms with Crippen molar-refractivity contribution < 1.29 is 4.79 Å². The van der Waals surface area contributed by atoms with E-state index in [9.17, 15) is 4.79 Å². The molecule has 0 aliphatic carbocycles. The molecule has 0 heterocycles. The van der Waals surface area contributed by atoms with Gasteiger partial charge in [-0.2, -0.15) is 0 Å². The molecule has 1 amide bonds. The predicted molar refractivity (Wildman–Crippen MR) is 86.0 cm³/mol. The van der Waals surface area contributed by atoms with Gasteiger partial charge >= 0.3 is 0 Å². The number of hydrogen-bond donors (Lipinski definition) is 2. The van der Waals surface area contributed by atoms with Crippen molar-refractivity contribution in [2.45, 2.75) is 12.6 Å². The van der Waals surface area contributed by atoms with Crippen LogP contribution in [0, 0.1) is 0 Å². The molecule has 110 valence electrons. The zero-order valence-electron chi connectivity index (χ0n) is 12.4. The van der Waals surface area contributed by atoms with Crippen molar-refractivity contribution in [3.05, 3.63) is 65.7 Å².